The zero-order valence-corrected chi connectivity index (χ0v) is 24.2. The van der Waals surface area contributed by atoms with Gasteiger partial charge in [0.15, 0.2) is 5.82 Å². The lowest BCUT2D eigenvalue weighted by Gasteiger charge is -2.34. The molecule has 10 heteroatoms. The monoisotopic (exact) mass is 547 g/mol. The van der Waals surface area contributed by atoms with E-state index in [1.165, 1.54) is 37.6 Å². The zero-order chi connectivity index (χ0) is 27.2. The van der Waals surface area contributed by atoms with Gasteiger partial charge in [-0.25, -0.2) is 9.67 Å². The standard InChI is InChI=1S/C29H37N7O2S/c1-18-14-27(3,4)35(15-18)25-20(26(37)33-39-21-16-34(5)31-19(21)2)6-7-23(30-25)36-13-8-24(32-36)38-17-22-28(9-10-28)29(22)11-12-29/h6-8,13,16,18,22H,9-12,14-15,17H2,1-5H3,(H,33,37)/t18-/m0/s1. The van der Waals surface area contributed by atoms with Crippen LogP contribution in [0, 0.1) is 29.6 Å². The number of rotatable bonds is 8. The molecule has 39 heavy (non-hydrogen) atoms. The Morgan fingerprint density at radius 1 is 1.15 bits per heavy atom. The van der Waals surface area contributed by atoms with Crippen LogP contribution in [0.3, 0.4) is 0 Å². The van der Waals surface area contributed by atoms with Crippen molar-refractivity contribution in [2.75, 3.05) is 18.1 Å². The molecule has 3 aromatic heterocycles. The number of fused-ring (bicyclic) bond motifs is 1. The minimum absolute atomic E-state index is 0.118. The Labute approximate surface area is 233 Å². The summed E-state index contributed by atoms with van der Waals surface area (Å²) in [6.07, 6.45) is 10.4. The molecule has 1 N–H and O–H groups in total. The van der Waals surface area contributed by atoms with E-state index < -0.39 is 0 Å². The van der Waals surface area contributed by atoms with Gasteiger partial charge in [0.2, 0.25) is 5.88 Å². The van der Waals surface area contributed by atoms with Crippen LogP contribution in [0.2, 0.25) is 0 Å². The summed E-state index contributed by atoms with van der Waals surface area (Å²) in [5.74, 6) is 3.04. The second-order valence-corrected chi connectivity index (χ2v) is 13.7. The molecule has 1 saturated heterocycles. The first-order chi connectivity index (χ1) is 18.6. The molecule has 1 amide bonds. The molecular formula is C29H37N7O2S. The number of hydrogen-bond acceptors (Lipinski definition) is 7. The van der Waals surface area contributed by atoms with Crippen LogP contribution >= 0.6 is 11.9 Å². The Balaban J connectivity index is 1.13. The van der Waals surface area contributed by atoms with Crippen LogP contribution in [0.15, 0.2) is 35.5 Å². The van der Waals surface area contributed by atoms with Gasteiger partial charge in [0.1, 0.15) is 5.82 Å². The van der Waals surface area contributed by atoms with E-state index in [9.17, 15) is 4.79 Å². The molecule has 206 valence electrons. The summed E-state index contributed by atoms with van der Waals surface area (Å²) in [6, 6.07) is 5.64. The molecule has 0 unspecified atom stereocenters. The number of aromatic nitrogens is 5. The fourth-order valence-electron chi connectivity index (χ4n) is 7.54. The highest BCUT2D eigenvalue weighted by Gasteiger charge is 2.86. The van der Waals surface area contributed by atoms with Gasteiger partial charge >= 0.3 is 0 Å². The molecule has 2 spiro atoms. The van der Waals surface area contributed by atoms with Crippen molar-refractivity contribution in [3.63, 3.8) is 0 Å². The quantitative estimate of drug-likeness (QED) is 0.400. The molecule has 0 radical (unpaired) electrons. The third-order valence-corrected chi connectivity index (χ3v) is 10.6. The van der Waals surface area contributed by atoms with Crippen LogP contribution in [0.25, 0.3) is 5.82 Å². The lowest BCUT2D eigenvalue weighted by atomic mass is 9.97. The number of hydrogen-bond donors (Lipinski definition) is 1. The molecule has 0 aromatic carbocycles. The van der Waals surface area contributed by atoms with Crippen LogP contribution in [0.4, 0.5) is 5.82 Å². The fraction of sp³-hybridized carbons (Fsp3) is 0.586. The van der Waals surface area contributed by atoms with Gasteiger partial charge in [-0.3, -0.25) is 14.2 Å². The summed E-state index contributed by atoms with van der Waals surface area (Å²) in [5.41, 5.74) is 2.56. The number of carbonyl (C=O) groups is 1. The maximum atomic E-state index is 13.5. The average molecular weight is 548 g/mol. The third-order valence-electron chi connectivity index (χ3n) is 9.67. The third kappa shape index (κ3) is 4.05. The SMILES string of the molecule is Cc1nn(C)cc1SNC(=O)c1ccc(-n2ccc(OCC3C4(CC4)C34CC4)n2)nc1N1C[C@@H](C)CC1(C)C. The minimum Gasteiger partial charge on any atom is -0.476 e. The van der Waals surface area contributed by atoms with E-state index in [1.54, 1.807) is 9.36 Å². The van der Waals surface area contributed by atoms with Crippen molar-refractivity contribution < 1.29 is 9.53 Å². The van der Waals surface area contributed by atoms with Gasteiger partial charge in [-0.15, -0.1) is 5.10 Å². The van der Waals surface area contributed by atoms with E-state index in [2.05, 4.69) is 35.5 Å². The van der Waals surface area contributed by atoms with Gasteiger partial charge in [-0.2, -0.15) is 5.10 Å². The topological polar surface area (TPSA) is 90.1 Å². The van der Waals surface area contributed by atoms with Crippen molar-refractivity contribution in [3.05, 3.63) is 41.9 Å². The molecule has 1 aliphatic heterocycles. The van der Waals surface area contributed by atoms with E-state index in [-0.39, 0.29) is 11.4 Å². The van der Waals surface area contributed by atoms with Crippen molar-refractivity contribution in [1.29, 1.82) is 0 Å². The van der Waals surface area contributed by atoms with Crippen LogP contribution in [0.5, 0.6) is 5.88 Å². The maximum Gasteiger partial charge on any atom is 0.265 e. The fourth-order valence-corrected chi connectivity index (χ4v) is 8.25. The largest absolute Gasteiger partial charge is 0.476 e. The molecule has 4 aliphatic rings. The number of amides is 1. The Bertz CT molecular complexity index is 1430. The van der Waals surface area contributed by atoms with Gasteiger partial charge < -0.3 is 9.64 Å². The van der Waals surface area contributed by atoms with E-state index in [0.717, 1.165) is 30.2 Å². The van der Waals surface area contributed by atoms with Crippen LogP contribution in [-0.4, -0.2) is 49.1 Å². The van der Waals surface area contributed by atoms with Crippen molar-refractivity contribution in [2.45, 2.75) is 70.2 Å². The van der Waals surface area contributed by atoms with Gasteiger partial charge in [0, 0.05) is 43.5 Å². The molecule has 4 fully saturated rings. The van der Waals surface area contributed by atoms with E-state index in [1.807, 2.05) is 44.6 Å². The highest BCUT2D eigenvalue weighted by atomic mass is 32.2. The predicted octanol–water partition coefficient (Wildman–Crippen LogP) is 4.94. The van der Waals surface area contributed by atoms with Crippen molar-refractivity contribution >= 4 is 23.7 Å². The van der Waals surface area contributed by atoms with E-state index in [4.69, 9.17) is 14.8 Å². The second kappa shape index (κ2) is 8.49. The smallest absolute Gasteiger partial charge is 0.265 e. The number of nitrogens with one attached hydrogen (secondary N) is 1. The van der Waals surface area contributed by atoms with E-state index in [0.29, 0.717) is 45.7 Å². The van der Waals surface area contributed by atoms with Crippen LogP contribution < -0.4 is 14.4 Å². The van der Waals surface area contributed by atoms with Crippen molar-refractivity contribution in [1.82, 2.24) is 29.3 Å². The molecule has 4 heterocycles. The number of ether oxygens (including phenoxy) is 1. The normalized spacial score (nSPS) is 23.4. The Hall–Kier alpha value is -3.01. The summed E-state index contributed by atoms with van der Waals surface area (Å²) in [5, 5.41) is 9.06. The first-order valence-corrected chi connectivity index (χ1v) is 14.9. The van der Waals surface area contributed by atoms with Crippen molar-refractivity contribution in [3.8, 4) is 11.7 Å². The highest BCUT2D eigenvalue weighted by Crippen LogP contribution is 2.92. The number of pyridine rings is 1. The first-order valence-electron chi connectivity index (χ1n) is 14.1. The first kappa shape index (κ1) is 25.0. The predicted molar refractivity (Wildman–Crippen MR) is 150 cm³/mol. The van der Waals surface area contributed by atoms with Crippen LogP contribution in [-0.2, 0) is 7.05 Å². The summed E-state index contributed by atoms with van der Waals surface area (Å²) < 4.78 is 12.7. The summed E-state index contributed by atoms with van der Waals surface area (Å²) in [7, 11) is 1.88. The summed E-state index contributed by atoms with van der Waals surface area (Å²) in [6.45, 7) is 10.2. The Morgan fingerprint density at radius 3 is 2.51 bits per heavy atom. The number of aryl methyl sites for hydroxylation is 2. The number of nitrogens with zero attached hydrogens (tertiary/aromatic N) is 6. The lowest BCUT2D eigenvalue weighted by molar-refractivity contribution is 0.0984. The number of anilines is 1. The summed E-state index contributed by atoms with van der Waals surface area (Å²) >= 11 is 1.28. The lowest BCUT2D eigenvalue weighted by Crippen LogP contribution is -2.40. The van der Waals surface area contributed by atoms with Gasteiger partial charge in [0.05, 0.1) is 22.8 Å². The molecule has 3 aliphatic carbocycles. The molecule has 7 rings (SSSR count). The number of carbonyl (C=O) groups excluding carboxylic acids is 1. The summed E-state index contributed by atoms with van der Waals surface area (Å²) in [4.78, 5) is 21.7. The Kier molecular flexibility index (Phi) is 5.44. The van der Waals surface area contributed by atoms with E-state index >= 15 is 0 Å². The maximum absolute atomic E-state index is 13.5. The molecule has 3 saturated carbocycles. The zero-order valence-electron chi connectivity index (χ0n) is 23.4. The second-order valence-electron chi connectivity index (χ2n) is 12.8. The highest BCUT2D eigenvalue weighted by molar-refractivity contribution is 7.98. The molecular weight excluding hydrogens is 510 g/mol. The molecule has 0 bridgehead atoms. The molecule has 1 atom stereocenters. The molecule has 9 nitrogen and oxygen atoms in total. The minimum atomic E-state index is -0.176. The van der Waals surface area contributed by atoms with Crippen LogP contribution in [0.1, 0.15) is 68.9 Å². The molecule has 3 aromatic rings. The van der Waals surface area contributed by atoms with Crippen molar-refractivity contribution in [2.24, 2.45) is 29.7 Å². The van der Waals surface area contributed by atoms with Gasteiger partial charge in [0.25, 0.3) is 5.91 Å². The van der Waals surface area contributed by atoms with Gasteiger partial charge in [-0.05, 0) is 93.7 Å². The van der Waals surface area contributed by atoms with Gasteiger partial charge in [-0.1, -0.05) is 6.92 Å². The Morgan fingerprint density at radius 2 is 1.90 bits per heavy atom. The average Bonchev–Trinajstić information content (AvgIpc) is 3.82.